The van der Waals surface area contributed by atoms with Crippen LogP contribution in [0.5, 0.6) is 0 Å². The molecule has 2 aliphatic rings. The lowest BCUT2D eigenvalue weighted by molar-refractivity contribution is -0.142. The van der Waals surface area contributed by atoms with Gasteiger partial charge in [-0.2, -0.15) is 0 Å². The zero-order valence-corrected chi connectivity index (χ0v) is 13.2. The van der Waals surface area contributed by atoms with Crippen LogP contribution in [0.4, 0.5) is 0 Å². The summed E-state index contributed by atoms with van der Waals surface area (Å²) in [7, 11) is 0. The lowest BCUT2D eigenvalue weighted by Gasteiger charge is -2.30. The zero-order chi connectivity index (χ0) is 14.3. The smallest absolute Gasteiger partial charge is 0.308 e. The molecule has 108 valence electrons. The summed E-state index contributed by atoms with van der Waals surface area (Å²) in [6.45, 7) is 2.23. The van der Waals surface area contributed by atoms with Crippen LogP contribution in [-0.4, -0.2) is 34.1 Å². The fourth-order valence-electron chi connectivity index (χ4n) is 4.05. The number of halogens is 1. The van der Waals surface area contributed by atoms with Gasteiger partial charge in [-0.25, -0.2) is 0 Å². The number of fused-ring (bicyclic) bond motifs is 2. The van der Waals surface area contributed by atoms with Gasteiger partial charge in [0.15, 0.2) is 0 Å². The molecule has 2 fully saturated rings. The van der Waals surface area contributed by atoms with Gasteiger partial charge >= 0.3 is 5.97 Å². The minimum Gasteiger partial charge on any atom is -0.481 e. The molecule has 2 heterocycles. The first-order chi connectivity index (χ1) is 9.56. The molecule has 2 bridgehead atoms. The van der Waals surface area contributed by atoms with Gasteiger partial charge in [0, 0.05) is 22.6 Å². The highest BCUT2D eigenvalue weighted by Crippen LogP contribution is 2.43. The van der Waals surface area contributed by atoms with Crippen molar-refractivity contribution in [2.24, 2.45) is 5.92 Å². The van der Waals surface area contributed by atoms with Crippen molar-refractivity contribution in [2.45, 2.75) is 50.7 Å². The summed E-state index contributed by atoms with van der Waals surface area (Å²) in [5.74, 6) is -0.765. The number of hydrogen-bond donors (Lipinski definition) is 1. The van der Waals surface area contributed by atoms with E-state index in [0.717, 1.165) is 23.7 Å². The first-order valence-electron chi connectivity index (χ1n) is 7.31. The number of nitrogens with zero attached hydrogens (tertiary/aromatic N) is 1. The highest BCUT2D eigenvalue weighted by Gasteiger charge is 2.50. The van der Waals surface area contributed by atoms with Gasteiger partial charge in [-0.05, 0) is 50.3 Å². The number of benzene rings is 1. The fourth-order valence-corrected chi connectivity index (χ4v) is 4.31. The Morgan fingerprint density at radius 3 is 2.70 bits per heavy atom. The molecule has 4 unspecified atom stereocenters. The third-order valence-corrected chi connectivity index (χ3v) is 5.39. The Hall–Kier alpha value is -0.870. The second-order valence-corrected chi connectivity index (χ2v) is 7.02. The van der Waals surface area contributed by atoms with Crippen LogP contribution in [0.25, 0.3) is 0 Å². The summed E-state index contributed by atoms with van der Waals surface area (Å²) in [6.07, 6.45) is 4.04. The molecule has 0 aromatic heterocycles. The highest BCUT2D eigenvalue weighted by atomic mass is 79.9. The van der Waals surface area contributed by atoms with Crippen molar-refractivity contribution < 1.29 is 9.90 Å². The van der Waals surface area contributed by atoms with Crippen LogP contribution < -0.4 is 0 Å². The molecule has 0 radical (unpaired) electrons. The monoisotopic (exact) mass is 337 g/mol. The average Bonchev–Trinajstić information content (AvgIpc) is 2.99. The third-order valence-electron chi connectivity index (χ3n) is 4.86. The Morgan fingerprint density at radius 1 is 1.40 bits per heavy atom. The molecule has 2 saturated heterocycles. The summed E-state index contributed by atoms with van der Waals surface area (Å²) in [5, 5.41) is 9.32. The van der Waals surface area contributed by atoms with Crippen LogP contribution in [0.3, 0.4) is 0 Å². The zero-order valence-electron chi connectivity index (χ0n) is 11.6. The predicted molar refractivity (Wildman–Crippen MR) is 81.7 cm³/mol. The summed E-state index contributed by atoms with van der Waals surface area (Å²) in [4.78, 5) is 13.8. The maximum Gasteiger partial charge on any atom is 0.308 e. The van der Waals surface area contributed by atoms with Crippen LogP contribution >= 0.6 is 15.9 Å². The van der Waals surface area contributed by atoms with Crippen LogP contribution in [0.15, 0.2) is 28.7 Å². The molecule has 1 N–H and O–H groups in total. The maximum atomic E-state index is 11.3. The van der Waals surface area contributed by atoms with E-state index in [1.807, 2.05) is 0 Å². The van der Waals surface area contributed by atoms with E-state index >= 15 is 0 Å². The van der Waals surface area contributed by atoms with Gasteiger partial charge in [-0.1, -0.05) is 28.1 Å². The molecule has 20 heavy (non-hydrogen) atoms. The molecule has 0 amide bonds. The van der Waals surface area contributed by atoms with E-state index in [0.29, 0.717) is 12.1 Å². The highest BCUT2D eigenvalue weighted by molar-refractivity contribution is 9.10. The second kappa shape index (κ2) is 5.49. The minimum absolute atomic E-state index is 0.152. The van der Waals surface area contributed by atoms with E-state index in [1.165, 1.54) is 12.0 Å². The van der Waals surface area contributed by atoms with Crippen molar-refractivity contribution in [3.8, 4) is 0 Å². The van der Waals surface area contributed by atoms with Crippen LogP contribution in [0.2, 0.25) is 0 Å². The molecule has 0 aliphatic carbocycles. The van der Waals surface area contributed by atoms with E-state index in [4.69, 9.17) is 0 Å². The number of carboxylic acids is 1. The fraction of sp³-hybridized carbons (Fsp3) is 0.562. The first kappa shape index (κ1) is 14.1. The second-order valence-electron chi connectivity index (χ2n) is 6.11. The van der Waals surface area contributed by atoms with Crippen molar-refractivity contribution in [2.75, 3.05) is 0 Å². The first-order valence-corrected chi connectivity index (χ1v) is 8.10. The normalized spacial score (nSPS) is 30.6. The molecule has 4 atom stereocenters. The average molecular weight is 338 g/mol. The van der Waals surface area contributed by atoms with Crippen molar-refractivity contribution >= 4 is 21.9 Å². The largest absolute Gasteiger partial charge is 0.481 e. The van der Waals surface area contributed by atoms with E-state index in [-0.39, 0.29) is 12.0 Å². The Labute approximate surface area is 128 Å². The molecule has 3 nitrogen and oxygen atoms in total. The number of rotatable bonds is 4. The van der Waals surface area contributed by atoms with Crippen molar-refractivity contribution in [1.82, 2.24) is 4.90 Å². The molecular formula is C16H20BrNO2. The predicted octanol–water partition coefficient (Wildman–Crippen LogP) is 3.32. The maximum absolute atomic E-state index is 11.3. The summed E-state index contributed by atoms with van der Waals surface area (Å²) < 4.78 is 1.10. The van der Waals surface area contributed by atoms with E-state index in [2.05, 4.69) is 52.0 Å². The minimum atomic E-state index is -0.613. The molecule has 4 heteroatoms. The summed E-state index contributed by atoms with van der Waals surface area (Å²) in [6, 6.07) is 9.58. The molecule has 3 rings (SSSR count). The summed E-state index contributed by atoms with van der Waals surface area (Å²) in [5.41, 5.74) is 1.32. The van der Waals surface area contributed by atoms with Crippen LogP contribution in [0.1, 0.15) is 31.7 Å². The number of hydrogen-bond acceptors (Lipinski definition) is 2. The molecule has 0 spiro atoms. The van der Waals surface area contributed by atoms with Gasteiger partial charge in [-0.15, -0.1) is 0 Å². The van der Waals surface area contributed by atoms with E-state index in [1.54, 1.807) is 0 Å². The van der Waals surface area contributed by atoms with Gasteiger partial charge < -0.3 is 5.11 Å². The van der Waals surface area contributed by atoms with Crippen LogP contribution in [-0.2, 0) is 11.2 Å². The lowest BCUT2D eigenvalue weighted by Crippen LogP contribution is -2.40. The third kappa shape index (κ3) is 2.51. The quantitative estimate of drug-likeness (QED) is 0.916. The Balaban J connectivity index is 1.70. The number of aliphatic carboxylic acids is 1. The molecule has 0 saturated carbocycles. The molecule has 1 aromatic rings. The van der Waals surface area contributed by atoms with Crippen molar-refractivity contribution in [1.29, 1.82) is 0 Å². The van der Waals surface area contributed by atoms with Gasteiger partial charge in [0.1, 0.15) is 0 Å². The molecule has 2 aliphatic heterocycles. The Kier molecular flexibility index (Phi) is 3.87. The van der Waals surface area contributed by atoms with Gasteiger partial charge in [0.2, 0.25) is 0 Å². The lowest BCUT2D eigenvalue weighted by atomic mass is 9.89. The van der Waals surface area contributed by atoms with E-state index in [9.17, 15) is 9.90 Å². The molecular weight excluding hydrogens is 318 g/mol. The van der Waals surface area contributed by atoms with Crippen molar-refractivity contribution in [3.63, 3.8) is 0 Å². The number of carboxylic acid groups (broad SMARTS) is 1. The Bertz CT molecular complexity index is 502. The van der Waals surface area contributed by atoms with E-state index < -0.39 is 5.97 Å². The topological polar surface area (TPSA) is 40.5 Å². The van der Waals surface area contributed by atoms with Gasteiger partial charge in [-0.3, -0.25) is 9.69 Å². The SMILES string of the molecule is CC(Cc1ccc(Br)cc1)N1C2CCC1C(C(=O)O)C2. The van der Waals surface area contributed by atoms with Crippen LogP contribution in [0, 0.1) is 5.92 Å². The summed E-state index contributed by atoms with van der Waals surface area (Å²) >= 11 is 3.46. The van der Waals surface area contributed by atoms with Gasteiger partial charge in [0.25, 0.3) is 0 Å². The Morgan fingerprint density at radius 2 is 2.10 bits per heavy atom. The molecule has 1 aromatic carbocycles. The number of carbonyl (C=O) groups is 1. The standard InChI is InChI=1S/C16H20BrNO2/c1-10(8-11-2-4-12(17)5-3-11)18-13-6-7-15(18)14(9-13)16(19)20/h2-5,10,13-15H,6-9H2,1H3,(H,19,20). The van der Waals surface area contributed by atoms with Gasteiger partial charge in [0.05, 0.1) is 5.92 Å². The van der Waals surface area contributed by atoms with Crippen molar-refractivity contribution in [3.05, 3.63) is 34.3 Å².